The van der Waals surface area contributed by atoms with Gasteiger partial charge in [0.15, 0.2) is 0 Å². The molecule has 0 bridgehead atoms. The lowest BCUT2D eigenvalue weighted by atomic mass is 10.2. The van der Waals surface area contributed by atoms with Crippen molar-refractivity contribution in [2.75, 3.05) is 26.8 Å². The van der Waals surface area contributed by atoms with Crippen LogP contribution in [-0.4, -0.2) is 42.6 Å². The van der Waals surface area contributed by atoms with Crippen LogP contribution in [0.25, 0.3) is 0 Å². The summed E-state index contributed by atoms with van der Waals surface area (Å²) in [7, 11) is 1.66. The van der Waals surface area contributed by atoms with E-state index in [1.807, 2.05) is 12.1 Å². The largest absolute Gasteiger partial charge is 0.508 e. The van der Waals surface area contributed by atoms with Crippen molar-refractivity contribution in [1.29, 1.82) is 5.41 Å². The van der Waals surface area contributed by atoms with Gasteiger partial charge in [-0.2, -0.15) is 0 Å². The third-order valence-corrected chi connectivity index (χ3v) is 2.63. The Morgan fingerprint density at radius 1 is 1.44 bits per heavy atom. The summed E-state index contributed by atoms with van der Waals surface area (Å²) < 4.78 is 5.06. The van der Waals surface area contributed by atoms with E-state index in [4.69, 9.17) is 15.9 Å². The zero-order chi connectivity index (χ0) is 13.4. The number of rotatable bonds is 8. The van der Waals surface area contributed by atoms with Gasteiger partial charge in [-0.3, -0.25) is 10.3 Å². The third-order valence-electron chi connectivity index (χ3n) is 2.63. The summed E-state index contributed by atoms with van der Waals surface area (Å²) in [5.41, 5.74) is 6.41. The number of methoxy groups -OCH3 is 1. The van der Waals surface area contributed by atoms with Crippen molar-refractivity contribution in [1.82, 2.24) is 4.90 Å². The van der Waals surface area contributed by atoms with Crippen LogP contribution in [0.1, 0.15) is 12.0 Å². The molecule has 0 spiro atoms. The van der Waals surface area contributed by atoms with Gasteiger partial charge in [-0.15, -0.1) is 0 Å². The van der Waals surface area contributed by atoms with E-state index in [1.165, 1.54) is 0 Å². The van der Waals surface area contributed by atoms with Gasteiger partial charge >= 0.3 is 0 Å². The average Bonchev–Trinajstić information content (AvgIpc) is 2.32. The highest BCUT2D eigenvalue weighted by Gasteiger charge is 2.07. The summed E-state index contributed by atoms with van der Waals surface area (Å²) in [6.45, 7) is 2.84. The monoisotopic (exact) mass is 251 g/mol. The van der Waals surface area contributed by atoms with E-state index in [0.29, 0.717) is 26.1 Å². The number of phenolic OH excluding ortho intramolecular Hbond substituents is 1. The van der Waals surface area contributed by atoms with E-state index in [1.54, 1.807) is 19.2 Å². The van der Waals surface area contributed by atoms with Crippen molar-refractivity contribution in [2.45, 2.75) is 13.0 Å². The third kappa shape index (κ3) is 5.65. The van der Waals surface area contributed by atoms with Gasteiger partial charge in [0.25, 0.3) is 0 Å². The van der Waals surface area contributed by atoms with Gasteiger partial charge in [-0.25, -0.2) is 0 Å². The second-order valence-electron chi connectivity index (χ2n) is 4.21. The lowest BCUT2D eigenvalue weighted by Gasteiger charge is -2.21. The fourth-order valence-corrected chi connectivity index (χ4v) is 1.68. The Morgan fingerprint density at radius 2 is 2.22 bits per heavy atom. The van der Waals surface area contributed by atoms with Crippen LogP contribution in [-0.2, 0) is 11.3 Å². The summed E-state index contributed by atoms with van der Waals surface area (Å²) >= 11 is 0. The van der Waals surface area contributed by atoms with Crippen molar-refractivity contribution in [2.24, 2.45) is 5.73 Å². The molecule has 100 valence electrons. The molecule has 5 heteroatoms. The van der Waals surface area contributed by atoms with Crippen LogP contribution in [0.2, 0.25) is 0 Å². The van der Waals surface area contributed by atoms with E-state index >= 15 is 0 Å². The minimum absolute atomic E-state index is 0.188. The number of phenols is 1. The average molecular weight is 251 g/mol. The molecule has 0 atom stereocenters. The van der Waals surface area contributed by atoms with Gasteiger partial charge in [-0.05, 0) is 17.7 Å². The molecule has 0 fully saturated rings. The number of nitrogens with two attached hydrogens (primary N) is 1. The smallest absolute Gasteiger partial charge is 0.115 e. The van der Waals surface area contributed by atoms with Gasteiger partial charge in [0, 0.05) is 33.2 Å². The molecular formula is C13H21N3O2. The van der Waals surface area contributed by atoms with Crippen molar-refractivity contribution in [3.05, 3.63) is 29.8 Å². The molecule has 0 saturated carbocycles. The molecular weight excluding hydrogens is 230 g/mol. The number of ether oxygens (including phenoxy) is 1. The lowest BCUT2D eigenvalue weighted by molar-refractivity contribution is 0.145. The molecule has 0 heterocycles. The zero-order valence-corrected chi connectivity index (χ0v) is 10.7. The number of nitrogens with one attached hydrogen (secondary N) is 1. The highest BCUT2D eigenvalue weighted by molar-refractivity contribution is 5.76. The van der Waals surface area contributed by atoms with E-state index < -0.39 is 0 Å². The normalized spacial score (nSPS) is 10.8. The van der Waals surface area contributed by atoms with E-state index in [0.717, 1.165) is 12.1 Å². The predicted molar refractivity (Wildman–Crippen MR) is 71.8 cm³/mol. The summed E-state index contributed by atoms with van der Waals surface area (Å²) in [6, 6.07) is 7.18. The zero-order valence-electron chi connectivity index (χ0n) is 10.7. The van der Waals surface area contributed by atoms with Crippen molar-refractivity contribution < 1.29 is 9.84 Å². The molecule has 0 amide bonds. The Bertz CT molecular complexity index is 382. The van der Waals surface area contributed by atoms with Crippen molar-refractivity contribution >= 4 is 5.84 Å². The topological polar surface area (TPSA) is 82.6 Å². The number of aromatic hydroxyl groups is 1. The van der Waals surface area contributed by atoms with Crippen LogP contribution >= 0.6 is 0 Å². The van der Waals surface area contributed by atoms with Gasteiger partial charge in [-0.1, -0.05) is 12.1 Å². The highest BCUT2D eigenvalue weighted by Crippen LogP contribution is 2.13. The van der Waals surface area contributed by atoms with E-state index in [9.17, 15) is 5.11 Å². The number of hydrogen-bond acceptors (Lipinski definition) is 4. The first-order chi connectivity index (χ1) is 8.61. The predicted octanol–water partition coefficient (Wildman–Crippen LogP) is 1.17. The number of amidine groups is 1. The summed E-state index contributed by atoms with van der Waals surface area (Å²) in [4.78, 5) is 2.15. The van der Waals surface area contributed by atoms with Crippen LogP contribution in [0.5, 0.6) is 5.75 Å². The van der Waals surface area contributed by atoms with Crippen LogP contribution < -0.4 is 5.73 Å². The second kappa shape index (κ2) is 7.68. The minimum Gasteiger partial charge on any atom is -0.508 e. The molecule has 5 nitrogen and oxygen atoms in total. The van der Waals surface area contributed by atoms with Gasteiger partial charge in [0.1, 0.15) is 5.75 Å². The van der Waals surface area contributed by atoms with Gasteiger partial charge in [0.2, 0.25) is 0 Å². The number of benzene rings is 1. The molecule has 0 aliphatic heterocycles. The first-order valence-corrected chi connectivity index (χ1v) is 5.94. The molecule has 1 rings (SSSR count). The Labute approximate surface area is 108 Å². The van der Waals surface area contributed by atoms with E-state index in [-0.39, 0.29) is 11.6 Å². The fourth-order valence-electron chi connectivity index (χ4n) is 1.68. The molecule has 0 saturated heterocycles. The standard InChI is InChI=1S/C13H21N3O2/c1-18-8-7-16(6-5-13(14)15)10-11-3-2-4-12(17)9-11/h2-4,9,17H,5-8,10H2,1H3,(H3,14,15). The first-order valence-electron chi connectivity index (χ1n) is 5.94. The quantitative estimate of drug-likeness (QED) is 0.478. The number of nitrogens with zero attached hydrogens (tertiary/aromatic N) is 1. The number of hydrogen-bond donors (Lipinski definition) is 3. The molecule has 0 radical (unpaired) electrons. The Balaban J connectivity index is 2.56. The fraction of sp³-hybridized carbons (Fsp3) is 0.462. The minimum atomic E-state index is 0.188. The van der Waals surface area contributed by atoms with Crippen molar-refractivity contribution in [3.8, 4) is 5.75 Å². The molecule has 4 N–H and O–H groups in total. The summed E-state index contributed by atoms with van der Waals surface area (Å²) in [5.74, 6) is 0.457. The highest BCUT2D eigenvalue weighted by atomic mass is 16.5. The van der Waals surface area contributed by atoms with Crippen molar-refractivity contribution in [3.63, 3.8) is 0 Å². The molecule has 18 heavy (non-hydrogen) atoms. The maximum absolute atomic E-state index is 9.42. The molecule has 1 aromatic rings. The van der Waals surface area contributed by atoms with Gasteiger partial charge in [0.05, 0.1) is 12.4 Å². The first kappa shape index (κ1) is 14.5. The van der Waals surface area contributed by atoms with E-state index in [2.05, 4.69) is 4.90 Å². The molecule has 0 aliphatic carbocycles. The SMILES string of the molecule is COCCN(CCC(=N)N)Cc1cccc(O)c1. The summed E-state index contributed by atoms with van der Waals surface area (Å²) in [5, 5.41) is 16.7. The summed E-state index contributed by atoms with van der Waals surface area (Å²) in [6.07, 6.45) is 0.544. The Morgan fingerprint density at radius 3 is 2.83 bits per heavy atom. The second-order valence-corrected chi connectivity index (χ2v) is 4.21. The molecule has 0 unspecified atom stereocenters. The Hall–Kier alpha value is -1.59. The lowest BCUT2D eigenvalue weighted by Crippen LogP contribution is -2.30. The molecule has 1 aromatic carbocycles. The van der Waals surface area contributed by atoms with Crippen LogP contribution in [0.4, 0.5) is 0 Å². The van der Waals surface area contributed by atoms with Gasteiger partial charge < -0.3 is 15.6 Å². The molecule has 0 aromatic heterocycles. The van der Waals surface area contributed by atoms with Crippen LogP contribution in [0.3, 0.4) is 0 Å². The molecule has 0 aliphatic rings. The maximum atomic E-state index is 9.42. The Kier molecular flexibility index (Phi) is 6.18. The maximum Gasteiger partial charge on any atom is 0.115 e. The van der Waals surface area contributed by atoms with Crippen LogP contribution in [0.15, 0.2) is 24.3 Å². The van der Waals surface area contributed by atoms with Crippen LogP contribution in [0, 0.1) is 5.41 Å².